The molecule has 0 bridgehead atoms. The molecule has 2 aliphatic rings. The van der Waals surface area contributed by atoms with Crippen molar-refractivity contribution in [2.24, 2.45) is 0 Å². The van der Waals surface area contributed by atoms with Crippen molar-refractivity contribution < 1.29 is 9.53 Å². The average Bonchev–Trinajstić information content (AvgIpc) is 2.91. The van der Waals surface area contributed by atoms with Crippen molar-refractivity contribution in [3.63, 3.8) is 0 Å². The van der Waals surface area contributed by atoms with Crippen LogP contribution in [0.25, 0.3) is 0 Å². The van der Waals surface area contributed by atoms with E-state index in [9.17, 15) is 4.79 Å². The normalized spacial score (nSPS) is 22.8. The fourth-order valence-electron chi connectivity index (χ4n) is 3.49. The van der Waals surface area contributed by atoms with Gasteiger partial charge in [0, 0.05) is 56.6 Å². The van der Waals surface area contributed by atoms with E-state index in [4.69, 9.17) is 4.74 Å². The summed E-state index contributed by atoms with van der Waals surface area (Å²) in [7, 11) is 0. The predicted molar refractivity (Wildman–Crippen MR) is 96.2 cm³/mol. The Morgan fingerprint density at radius 1 is 1.16 bits per heavy atom. The van der Waals surface area contributed by atoms with E-state index in [0.717, 1.165) is 50.4 Å². The number of hydrogen-bond donors (Lipinski definition) is 0. The number of likely N-dealkylation sites (tertiary alicyclic amines) is 1. The predicted octanol–water partition coefficient (Wildman–Crippen LogP) is 2.20. The number of carbonyl (C=O) groups is 1. The topological polar surface area (TPSA) is 58.6 Å². The Hall–Kier alpha value is -1.53. The summed E-state index contributed by atoms with van der Waals surface area (Å²) in [6.07, 6.45) is 8.17. The molecule has 2 fully saturated rings. The number of rotatable bonds is 4. The summed E-state index contributed by atoms with van der Waals surface area (Å²) in [5, 5.41) is 0. The van der Waals surface area contributed by atoms with Crippen LogP contribution in [0.3, 0.4) is 0 Å². The molecule has 138 valence electrons. The van der Waals surface area contributed by atoms with Crippen molar-refractivity contribution >= 4 is 5.91 Å². The molecule has 1 amide bonds. The molecular weight excluding hydrogens is 316 g/mol. The van der Waals surface area contributed by atoms with Gasteiger partial charge in [-0.25, -0.2) is 9.97 Å². The molecule has 6 heteroatoms. The molecule has 1 atom stereocenters. The number of ether oxygens (including phenoxy) is 1. The molecule has 3 rings (SSSR count). The molecule has 1 unspecified atom stereocenters. The maximum atomic E-state index is 12.8. The molecule has 2 saturated heterocycles. The highest BCUT2D eigenvalue weighted by atomic mass is 16.5. The van der Waals surface area contributed by atoms with E-state index in [1.54, 1.807) is 0 Å². The first kappa shape index (κ1) is 18.3. The van der Waals surface area contributed by atoms with Crippen LogP contribution in [0.1, 0.15) is 56.8 Å². The maximum absolute atomic E-state index is 12.8. The van der Waals surface area contributed by atoms with Crippen LogP contribution in [-0.2, 0) is 16.1 Å². The van der Waals surface area contributed by atoms with Gasteiger partial charge in [0.1, 0.15) is 11.9 Å². The van der Waals surface area contributed by atoms with Gasteiger partial charge in [0.15, 0.2) is 0 Å². The van der Waals surface area contributed by atoms with Crippen LogP contribution in [-0.4, -0.2) is 64.6 Å². The molecule has 0 aromatic carbocycles. The quantitative estimate of drug-likeness (QED) is 0.836. The van der Waals surface area contributed by atoms with Gasteiger partial charge < -0.3 is 9.64 Å². The van der Waals surface area contributed by atoms with Gasteiger partial charge in [0.05, 0.1) is 6.61 Å². The SMILES string of the molecule is CC(C)c1ncc(CN2CCOC(C(=O)N3CCCCCC3)C2)cn1. The summed E-state index contributed by atoms with van der Waals surface area (Å²) in [6.45, 7) is 8.82. The molecular formula is C19H30N4O2. The smallest absolute Gasteiger partial charge is 0.253 e. The molecule has 0 spiro atoms. The first-order valence-electron chi connectivity index (χ1n) is 9.57. The van der Waals surface area contributed by atoms with Gasteiger partial charge in [-0.15, -0.1) is 0 Å². The second-order valence-electron chi connectivity index (χ2n) is 7.44. The highest BCUT2D eigenvalue weighted by Gasteiger charge is 2.30. The Morgan fingerprint density at radius 2 is 1.84 bits per heavy atom. The van der Waals surface area contributed by atoms with E-state index in [1.165, 1.54) is 12.8 Å². The lowest BCUT2D eigenvalue weighted by Crippen LogP contribution is -2.51. The highest BCUT2D eigenvalue weighted by molar-refractivity contribution is 5.81. The molecule has 0 radical (unpaired) electrons. The standard InChI is InChI=1S/C19H30N4O2/c1-15(2)18-20-11-16(12-21-18)13-22-9-10-25-17(14-22)19(24)23-7-5-3-4-6-8-23/h11-12,15,17H,3-10,13-14H2,1-2H3. The summed E-state index contributed by atoms with van der Waals surface area (Å²) >= 11 is 0. The van der Waals surface area contributed by atoms with Gasteiger partial charge in [0.2, 0.25) is 0 Å². The summed E-state index contributed by atoms with van der Waals surface area (Å²) in [6, 6.07) is 0. The summed E-state index contributed by atoms with van der Waals surface area (Å²) in [5.74, 6) is 1.38. The number of morpholine rings is 1. The Kier molecular flexibility index (Phi) is 6.37. The molecule has 1 aromatic heterocycles. The van der Waals surface area contributed by atoms with Gasteiger partial charge in [0.25, 0.3) is 5.91 Å². The van der Waals surface area contributed by atoms with Gasteiger partial charge >= 0.3 is 0 Å². The third kappa shape index (κ3) is 4.98. The van der Waals surface area contributed by atoms with E-state index in [2.05, 4.69) is 28.7 Å². The van der Waals surface area contributed by atoms with Crippen molar-refractivity contribution in [2.45, 2.75) is 58.1 Å². The van der Waals surface area contributed by atoms with Crippen LogP contribution < -0.4 is 0 Å². The van der Waals surface area contributed by atoms with Gasteiger partial charge in [-0.05, 0) is 12.8 Å². The third-order valence-electron chi connectivity index (χ3n) is 4.99. The number of hydrogen-bond acceptors (Lipinski definition) is 5. The summed E-state index contributed by atoms with van der Waals surface area (Å²) in [4.78, 5) is 25.9. The van der Waals surface area contributed by atoms with Gasteiger partial charge in [-0.1, -0.05) is 26.7 Å². The third-order valence-corrected chi connectivity index (χ3v) is 4.99. The Labute approximate surface area is 150 Å². The van der Waals surface area contributed by atoms with Crippen LogP contribution in [0.4, 0.5) is 0 Å². The number of aromatic nitrogens is 2. The lowest BCUT2D eigenvalue weighted by Gasteiger charge is -2.34. The zero-order chi connectivity index (χ0) is 17.6. The minimum Gasteiger partial charge on any atom is -0.366 e. The van der Waals surface area contributed by atoms with Crippen molar-refractivity contribution in [3.05, 3.63) is 23.8 Å². The first-order valence-corrected chi connectivity index (χ1v) is 9.57. The summed E-state index contributed by atoms with van der Waals surface area (Å²) in [5.41, 5.74) is 1.09. The van der Waals surface area contributed by atoms with E-state index >= 15 is 0 Å². The van der Waals surface area contributed by atoms with Gasteiger partial charge in [-0.2, -0.15) is 0 Å². The minimum atomic E-state index is -0.331. The zero-order valence-electron chi connectivity index (χ0n) is 15.5. The van der Waals surface area contributed by atoms with E-state index in [-0.39, 0.29) is 12.0 Å². The first-order chi connectivity index (χ1) is 12.1. The molecule has 2 aliphatic heterocycles. The second kappa shape index (κ2) is 8.72. The van der Waals surface area contributed by atoms with Crippen LogP contribution in [0.15, 0.2) is 12.4 Å². The number of carbonyl (C=O) groups excluding carboxylic acids is 1. The van der Waals surface area contributed by atoms with Crippen molar-refractivity contribution in [1.82, 2.24) is 19.8 Å². The molecule has 0 N–H and O–H groups in total. The van der Waals surface area contributed by atoms with Crippen LogP contribution in [0.5, 0.6) is 0 Å². The monoisotopic (exact) mass is 346 g/mol. The number of amides is 1. The molecule has 1 aromatic rings. The van der Waals surface area contributed by atoms with Crippen LogP contribution in [0.2, 0.25) is 0 Å². The van der Waals surface area contributed by atoms with Crippen molar-refractivity contribution in [3.8, 4) is 0 Å². The lowest BCUT2D eigenvalue weighted by molar-refractivity contribution is -0.149. The molecule has 0 aliphatic carbocycles. The minimum absolute atomic E-state index is 0.165. The zero-order valence-corrected chi connectivity index (χ0v) is 15.5. The summed E-state index contributed by atoms with van der Waals surface area (Å²) < 4.78 is 5.79. The Bertz CT molecular complexity index is 553. The second-order valence-corrected chi connectivity index (χ2v) is 7.44. The maximum Gasteiger partial charge on any atom is 0.253 e. The van der Waals surface area contributed by atoms with Crippen molar-refractivity contribution in [2.75, 3.05) is 32.8 Å². The fraction of sp³-hybridized carbons (Fsp3) is 0.737. The van der Waals surface area contributed by atoms with E-state index < -0.39 is 0 Å². The lowest BCUT2D eigenvalue weighted by atomic mass is 10.2. The molecule has 25 heavy (non-hydrogen) atoms. The van der Waals surface area contributed by atoms with E-state index in [0.29, 0.717) is 19.1 Å². The highest BCUT2D eigenvalue weighted by Crippen LogP contribution is 2.16. The Morgan fingerprint density at radius 3 is 2.48 bits per heavy atom. The van der Waals surface area contributed by atoms with Crippen LogP contribution >= 0.6 is 0 Å². The molecule has 3 heterocycles. The van der Waals surface area contributed by atoms with E-state index in [1.807, 2.05) is 17.3 Å². The van der Waals surface area contributed by atoms with Crippen LogP contribution in [0, 0.1) is 0 Å². The largest absolute Gasteiger partial charge is 0.366 e. The molecule has 6 nitrogen and oxygen atoms in total. The van der Waals surface area contributed by atoms with Crippen molar-refractivity contribution in [1.29, 1.82) is 0 Å². The fourth-order valence-corrected chi connectivity index (χ4v) is 3.49. The van der Waals surface area contributed by atoms with Gasteiger partial charge in [-0.3, -0.25) is 9.69 Å². The average molecular weight is 346 g/mol. The number of nitrogens with zero attached hydrogens (tertiary/aromatic N) is 4. The molecule has 0 saturated carbocycles. The Balaban J connectivity index is 1.56.